The molecule has 1 atom stereocenters. The van der Waals surface area contributed by atoms with Crippen molar-refractivity contribution in [2.75, 3.05) is 17.2 Å². The predicted molar refractivity (Wildman–Crippen MR) is 108 cm³/mol. The van der Waals surface area contributed by atoms with Gasteiger partial charge in [-0.3, -0.25) is 14.9 Å². The Hall–Kier alpha value is -3.60. The number of amides is 2. The van der Waals surface area contributed by atoms with Gasteiger partial charge in [0.25, 0.3) is 5.91 Å². The molecule has 1 aliphatic heterocycles. The van der Waals surface area contributed by atoms with Gasteiger partial charge in [-0.15, -0.1) is 0 Å². The molecule has 2 N–H and O–H groups in total. The van der Waals surface area contributed by atoms with Crippen LogP contribution >= 0.6 is 11.6 Å². The van der Waals surface area contributed by atoms with E-state index in [1.54, 1.807) is 18.2 Å². The van der Waals surface area contributed by atoms with Gasteiger partial charge in [-0.05, 0) is 36.4 Å². The number of carbonyl (C=O) groups excluding carboxylic acids is 2. The van der Waals surface area contributed by atoms with Gasteiger partial charge < -0.3 is 10.1 Å². The molecular weight excluding hydrogens is 451 g/mol. The average molecular weight is 466 g/mol. The number of aromatic nitrogens is 3. The molecule has 2 aromatic carbocycles. The van der Waals surface area contributed by atoms with Crippen molar-refractivity contribution in [2.45, 2.75) is 18.6 Å². The third-order valence-corrected chi connectivity index (χ3v) is 4.90. The van der Waals surface area contributed by atoms with Crippen molar-refractivity contribution in [1.82, 2.24) is 14.8 Å². The first-order valence-electron chi connectivity index (χ1n) is 9.29. The zero-order chi connectivity index (χ0) is 22.9. The second-order valence-corrected chi connectivity index (χ2v) is 7.33. The molecule has 8 nitrogen and oxygen atoms in total. The highest BCUT2D eigenvalue weighted by Crippen LogP contribution is 2.36. The first kappa shape index (κ1) is 21.6. The number of halogens is 4. The zero-order valence-corrected chi connectivity index (χ0v) is 16.9. The molecule has 1 aliphatic rings. The van der Waals surface area contributed by atoms with Gasteiger partial charge in [-0.25, -0.2) is 4.68 Å². The van der Waals surface area contributed by atoms with Crippen LogP contribution in [-0.2, 0) is 15.8 Å². The van der Waals surface area contributed by atoms with Crippen molar-refractivity contribution in [3.05, 3.63) is 64.9 Å². The first-order valence-corrected chi connectivity index (χ1v) is 9.67. The zero-order valence-electron chi connectivity index (χ0n) is 16.2. The van der Waals surface area contributed by atoms with Crippen LogP contribution < -0.4 is 15.4 Å². The molecule has 2 heterocycles. The lowest BCUT2D eigenvalue weighted by molar-refractivity contribution is -0.137. The van der Waals surface area contributed by atoms with Crippen LogP contribution in [0.1, 0.15) is 23.6 Å². The Morgan fingerprint density at radius 2 is 2.09 bits per heavy atom. The van der Waals surface area contributed by atoms with Crippen LogP contribution in [0.15, 0.2) is 48.8 Å². The number of benzene rings is 2. The number of ether oxygens (including phenoxy) is 1. The summed E-state index contributed by atoms with van der Waals surface area (Å²) in [5.74, 6) is -0.397. The van der Waals surface area contributed by atoms with Crippen molar-refractivity contribution >= 4 is 35.1 Å². The van der Waals surface area contributed by atoms with Crippen molar-refractivity contribution in [3.63, 3.8) is 0 Å². The summed E-state index contributed by atoms with van der Waals surface area (Å²) < 4.78 is 45.7. The molecule has 0 radical (unpaired) electrons. The van der Waals surface area contributed by atoms with Crippen LogP contribution in [0.2, 0.25) is 5.02 Å². The number of fused-ring (bicyclic) bond motifs is 1. The lowest BCUT2D eigenvalue weighted by atomic mass is 10.0. The number of hydrogen-bond donors (Lipinski definition) is 2. The van der Waals surface area contributed by atoms with Gasteiger partial charge in [-0.2, -0.15) is 23.3 Å². The molecule has 0 saturated carbocycles. The fourth-order valence-electron chi connectivity index (χ4n) is 3.27. The Morgan fingerprint density at radius 1 is 1.28 bits per heavy atom. The van der Waals surface area contributed by atoms with E-state index in [9.17, 15) is 22.8 Å². The standard InChI is InChI=1S/C20H15ClF3N5O3/c21-12-4-5-16(14(7-12)15-8-17(30)28-19-25-10-26-29(15)19)32-9-18(31)27-13-3-1-2-11(6-13)20(22,23)24/h1-7,10,15H,8-9H2,(H,27,31)(H,25,26,28,30)/t15-/m1/s1. The minimum absolute atomic E-state index is 0.0130. The summed E-state index contributed by atoms with van der Waals surface area (Å²) in [4.78, 5) is 28.3. The molecule has 1 aromatic heterocycles. The van der Waals surface area contributed by atoms with E-state index in [-0.39, 0.29) is 29.7 Å². The van der Waals surface area contributed by atoms with Crippen molar-refractivity contribution in [1.29, 1.82) is 0 Å². The maximum atomic E-state index is 12.9. The van der Waals surface area contributed by atoms with Crippen LogP contribution in [0, 0.1) is 0 Å². The molecule has 32 heavy (non-hydrogen) atoms. The van der Waals surface area contributed by atoms with Gasteiger partial charge in [0.15, 0.2) is 6.61 Å². The van der Waals surface area contributed by atoms with Crippen LogP contribution in [0.3, 0.4) is 0 Å². The highest BCUT2D eigenvalue weighted by molar-refractivity contribution is 6.30. The minimum atomic E-state index is -4.53. The summed E-state index contributed by atoms with van der Waals surface area (Å²) >= 11 is 6.12. The number of alkyl halides is 3. The molecule has 0 spiro atoms. The van der Waals surface area contributed by atoms with E-state index in [4.69, 9.17) is 16.3 Å². The van der Waals surface area contributed by atoms with Crippen LogP contribution in [0.25, 0.3) is 0 Å². The van der Waals surface area contributed by atoms with Gasteiger partial charge in [0.05, 0.1) is 18.0 Å². The third kappa shape index (κ3) is 4.67. The maximum absolute atomic E-state index is 12.9. The highest BCUT2D eigenvalue weighted by Gasteiger charge is 2.31. The third-order valence-electron chi connectivity index (χ3n) is 4.66. The van der Waals surface area contributed by atoms with Gasteiger partial charge in [-0.1, -0.05) is 17.7 Å². The molecule has 12 heteroatoms. The molecule has 166 valence electrons. The van der Waals surface area contributed by atoms with E-state index >= 15 is 0 Å². The SMILES string of the molecule is O=C(COc1ccc(Cl)cc1[C@H]1CC(=O)Nc2ncnn21)Nc1cccc(C(F)(F)F)c1. The molecule has 3 aromatic rings. The van der Waals surface area contributed by atoms with Gasteiger partial charge >= 0.3 is 6.18 Å². The molecule has 0 saturated heterocycles. The second kappa shape index (κ2) is 8.50. The fraction of sp³-hybridized carbons (Fsp3) is 0.200. The van der Waals surface area contributed by atoms with E-state index in [1.165, 1.54) is 23.1 Å². The molecule has 2 amide bonds. The van der Waals surface area contributed by atoms with Crippen molar-refractivity contribution < 1.29 is 27.5 Å². The van der Waals surface area contributed by atoms with Crippen LogP contribution in [-0.4, -0.2) is 33.2 Å². The van der Waals surface area contributed by atoms with E-state index in [2.05, 4.69) is 20.7 Å². The molecule has 0 fully saturated rings. The van der Waals surface area contributed by atoms with Gasteiger partial charge in [0.2, 0.25) is 11.9 Å². The largest absolute Gasteiger partial charge is 0.483 e. The lowest BCUT2D eigenvalue weighted by Gasteiger charge is -2.25. The summed E-state index contributed by atoms with van der Waals surface area (Å²) in [6.45, 7) is -0.478. The monoisotopic (exact) mass is 465 g/mol. The van der Waals surface area contributed by atoms with E-state index in [0.29, 0.717) is 10.6 Å². The molecular formula is C20H15ClF3N5O3. The van der Waals surface area contributed by atoms with E-state index in [0.717, 1.165) is 12.1 Å². The number of rotatable bonds is 5. The van der Waals surface area contributed by atoms with Crippen LogP contribution in [0.4, 0.5) is 24.8 Å². The van der Waals surface area contributed by atoms with E-state index < -0.39 is 30.3 Å². The van der Waals surface area contributed by atoms with Gasteiger partial charge in [0, 0.05) is 16.3 Å². The fourth-order valence-corrected chi connectivity index (χ4v) is 3.45. The molecule has 4 rings (SSSR count). The number of carbonyl (C=O) groups is 2. The predicted octanol–water partition coefficient (Wildman–Crippen LogP) is 3.90. The quantitative estimate of drug-likeness (QED) is 0.595. The number of hydrogen-bond acceptors (Lipinski definition) is 5. The molecule has 0 unspecified atom stereocenters. The number of nitrogens with zero attached hydrogens (tertiary/aromatic N) is 3. The summed E-state index contributed by atoms with van der Waals surface area (Å²) in [5, 5.41) is 9.47. The summed E-state index contributed by atoms with van der Waals surface area (Å²) in [7, 11) is 0. The summed E-state index contributed by atoms with van der Waals surface area (Å²) in [6.07, 6.45) is -3.19. The van der Waals surface area contributed by atoms with Crippen molar-refractivity contribution in [3.8, 4) is 5.75 Å². The Morgan fingerprint density at radius 3 is 2.88 bits per heavy atom. The van der Waals surface area contributed by atoms with Gasteiger partial charge in [0.1, 0.15) is 12.1 Å². The van der Waals surface area contributed by atoms with Crippen molar-refractivity contribution in [2.24, 2.45) is 0 Å². The lowest BCUT2D eigenvalue weighted by Crippen LogP contribution is -2.30. The number of nitrogens with one attached hydrogen (secondary N) is 2. The second-order valence-electron chi connectivity index (χ2n) is 6.89. The minimum Gasteiger partial charge on any atom is -0.483 e. The Kier molecular flexibility index (Phi) is 5.74. The first-order chi connectivity index (χ1) is 15.2. The Bertz CT molecular complexity index is 1180. The number of anilines is 2. The maximum Gasteiger partial charge on any atom is 0.416 e. The Labute approximate surface area is 184 Å². The Balaban J connectivity index is 1.51. The highest BCUT2D eigenvalue weighted by atomic mass is 35.5. The molecule has 0 aliphatic carbocycles. The summed E-state index contributed by atoms with van der Waals surface area (Å²) in [5.41, 5.74) is -0.387. The topological polar surface area (TPSA) is 98.1 Å². The normalized spacial score (nSPS) is 15.6. The van der Waals surface area contributed by atoms with Crippen LogP contribution in [0.5, 0.6) is 5.75 Å². The average Bonchev–Trinajstić information content (AvgIpc) is 3.20. The molecule has 0 bridgehead atoms. The summed E-state index contributed by atoms with van der Waals surface area (Å²) in [6, 6.07) is 8.39. The smallest absolute Gasteiger partial charge is 0.416 e. The van der Waals surface area contributed by atoms with E-state index in [1.807, 2.05) is 0 Å².